The van der Waals surface area contributed by atoms with Crippen LogP contribution in [0.5, 0.6) is 17.2 Å². The van der Waals surface area contributed by atoms with Crippen molar-refractivity contribution in [3.05, 3.63) is 51.9 Å². The van der Waals surface area contributed by atoms with Crippen LogP contribution in [0, 0.1) is 6.92 Å². The molecular formula is C23H29B4FN4O5. The molecule has 0 aliphatic carbocycles. The van der Waals surface area contributed by atoms with Crippen molar-refractivity contribution in [3.63, 3.8) is 0 Å². The molecule has 37 heavy (non-hydrogen) atoms. The Morgan fingerprint density at radius 2 is 1.86 bits per heavy atom. The number of piperidine rings is 1. The highest BCUT2D eigenvalue weighted by Gasteiger charge is 2.44. The van der Waals surface area contributed by atoms with Crippen LogP contribution in [0.3, 0.4) is 0 Å². The zero-order chi connectivity index (χ0) is 26.5. The van der Waals surface area contributed by atoms with Gasteiger partial charge in [0.1, 0.15) is 43.2 Å². The minimum atomic E-state index is -1.26. The predicted octanol–water partition coefficient (Wildman–Crippen LogP) is -1.85. The van der Waals surface area contributed by atoms with Crippen molar-refractivity contribution in [2.24, 2.45) is 0 Å². The molecule has 0 unspecified atom stereocenters. The van der Waals surface area contributed by atoms with Gasteiger partial charge < -0.3 is 23.8 Å². The van der Waals surface area contributed by atoms with Crippen LogP contribution >= 0.6 is 0 Å². The summed E-state index contributed by atoms with van der Waals surface area (Å²) in [5.74, 6) is 2.31. The van der Waals surface area contributed by atoms with Gasteiger partial charge in [-0.05, 0) is 30.7 Å². The predicted molar refractivity (Wildman–Crippen MR) is 148 cm³/mol. The molecule has 190 valence electrons. The second-order valence-electron chi connectivity index (χ2n) is 10.7. The number of hydrogen-bond acceptors (Lipinski definition) is 8. The van der Waals surface area contributed by atoms with E-state index in [1.165, 1.54) is 10.6 Å². The minimum Gasteiger partial charge on any atom is -0.499 e. The van der Waals surface area contributed by atoms with Gasteiger partial charge in [0.25, 0.3) is 5.56 Å². The van der Waals surface area contributed by atoms with E-state index < -0.39 is 23.1 Å². The lowest BCUT2D eigenvalue weighted by Gasteiger charge is -2.47. The van der Waals surface area contributed by atoms with Crippen molar-refractivity contribution in [2.75, 3.05) is 25.1 Å². The zero-order valence-electron chi connectivity index (χ0n) is 22.1. The molecule has 0 amide bonds. The maximum absolute atomic E-state index is 15.4. The molecule has 1 aromatic carbocycles. The largest absolute Gasteiger partial charge is 0.499 e. The first-order valence-electron chi connectivity index (χ1n) is 12.4. The summed E-state index contributed by atoms with van der Waals surface area (Å²) in [6.07, 6.45) is -1.43. The van der Waals surface area contributed by atoms with Crippen molar-refractivity contribution in [1.82, 2.24) is 14.6 Å². The molecule has 14 heteroatoms. The van der Waals surface area contributed by atoms with Crippen molar-refractivity contribution in [3.8, 4) is 17.2 Å². The first-order valence-corrected chi connectivity index (χ1v) is 12.4. The number of alkyl halides is 1. The molecule has 5 rings (SSSR count). The Hall–Kier alpha value is -3.14. The molecule has 0 saturated carbocycles. The van der Waals surface area contributed by atoms with Crippen LogP contribution < -0.4 is 24.7 Å². The number of aromatic nitrogens is 3. The molecule has 3 aromatic rings. The molecule has 1 saturated heterocycles. The maximum Gasteiger partial charge on any atom is 0.274 e. The van der Waals surface area contributed by atoms with Crippen LogP contribution in [-0.4, -0.2) is 89.3 Å². The molecule has 2 atom stereocenters. The number of rotatable bonds is 5. The second kappa shape index (κ2) is 9.31. The molecule has 9 nitrogen and oxygen atoms in total. The topological polar surface area (TPSA) is 87.4 Å². The van der Waals surface area contributed by atoms with Gasteiger partial charge in [-0.15, -0.1) is 5.10 Å². The fraction of sp³-hybridized carbons (Fsp3) is 0.435. The van der Waals surface area contributed by atoms with Gasteiger partial charge in [0.05, 0.1) is 29.6 Å². The highest BCUT2D eigenvalue weighted by atomic mass is 19.1. The van der Waals surface area contributed by atoms with Gasteiger partial charge in [0.2, 0.25) is 0 Å². The Morgan fingerprint density at radius 3 is 2.57 bits per heavy atom. The number of nitrogens with zero attached hydrogens (tertiary/aromatic N) is 4. The highest BCUT2D eigenvalue weighted by molar-refractivity contribution is 6.53. The van der Waals surface area contributed by atoms with E-state index in [2.05, 4.69) is 10.1 Å². The normalized spacial score (nSPS) is 22.1. The van der Waals surface area contributed by atoms with E-state index in [1.54, 1.807) is 31.4 Å². The second-order valence-corrected chi connectivity index (χ2v) is 10.7. The van der Waals surface area contributed by atoms with E-state index in [4.69, 9.17) is 18.9 Å². The van der Waals surface area contributed by atoms with Crippen molar-refractivity contribution < 1.29 is 23.3 Å². The highest BCUT2D eigenvalue weighted by Crippen LogP contribution is 2.41. The Balaban J connectivity index is 1.31. The van der Waals surface area contributed by atoms with Crippen molar-refractivity contribution in [2.45, 2.75) is 43.0 Å². The van der Waals surface area contributed by atoms with Gasteiger partial charge in [0.15, 0.2) is 29.1 Å². The van der Waals surface area contributed by atoms with Gasteiger partial charge in [-0.1, -0.05) is 0 Å². The van der Waals surface area contributed by atoms with E-state index in [1.807, 2.05) is 43.2 Å². The van der Waals surface area contributed by atoms with Crippen LogP contribution in [-0.2, 0) is 11.3 Å². The lowest BCUT2D eigenvalue weighted by atomic mass is 9.41. The molecule has 2 aliphatic rings. The number of methoxy groups -OCH3 is 1. The number of aryl methyl sites for hydroxylation is 1. The van der Waals surface area contributed by atoms with E-state index in [0.29, 0.717) is 47.4 Å². The van der Waals surface area contributed by atoms with Gasteiger partial charge in [-0.2, -0.15) is 4.52 Å². The van der Waals surface area contributed by atoms with Gasteiger partial charge >= 0.3 is 0 Å². The van der Waals surface area contributed by atoms with Gasteiger partial charge in [0, 0.05) is 32.2 Å². The first kappa shape index (κ1) is 25.5. The van der Waals surface area contributed by atoms with Crippen LogP contribution in [0.1, 0.15) is 17.7 Å². The summed E-state index contributed by atoms with van der Waals surface area (Å²) in [6.45, 7) is 2.74. The first-order chi connectivity index (χ1) is 17.5. The van der Waals surface area contributed by atoms with Gasteiger partial charge in [-0.3, -0.25) is 4.79 Å². The lowest BCUT2D eigenvalue weighted by Crippen LogP contribution is -2.65. The number of benzene rings is 1. The molecule has 0 radical (unpaired) electrons. The van der Waals surface area contributed by atoms with Crippen LogP contribution in [0.4, 0.5) is 10.2 Å². The van der Waals surface area contributed by atoms with E-state index in [0.717, 1.165) is 5.56 Å². The molecular weight excluding hydrogens is 475 g/mol. The molecule has 1 fully saturated rings. The summed E-state index contributed by atoms with van der Waals surface area (Å²) >= 11 is 0. The molecule has 0 spiro atoms. The Kier molecular flexibility index (Phi) is 6.42. The molecule has 2 aromatic heterocycles. The zero-order valence-corrected chi connectivity index (χ0v) is 22.1. The quantitative estimate of drug-likeness (QED) is 0.375. The van der Waals surface area contributed by atoms with Crippen LogP contribution in [0.15, 0.2) is 35.1 Å². The molecule has 0 bridgehead atoms. The third-order valence-electron chi connectivity index (χ3n) is 7.32. The summed E-state index contributed by atoms with van der Waals surface area (Å²) in [7, 11) is 9.47. The summed E-state index contributed by atoms with van der Waals surface area (Å²) in [6, 6.07) is 8.53. The average Bonchev–Trinajstić information content (AvgIpc) is 2.81. The monoisotopic (exact) mass is 504 g/mol. The van der Waals surface area contributed by atoms with E-state index in [-0.39, 0.29) is 18.7 Å². The maximum atomic E-state index is 15.4. The SMILES string of the molecule is BC1(B)Oc2ccc(O[C@@H]3CCN(c4nn5c(=O)cc(COC)nc5cc4C)C[C@H]3F)cc2OC1(B)B. The lowest BCUT2D eigenvalue weighted by molar-refractivity contribution is 0.0587. The van der Waals surface area contributed by atoms with E-state index in [9.17, 15) is 4.79 Å². The number of halogens is 1. The summed E-state index contributed by atoms with van der Waals surface area (Å²) in [5.41, 5.74) is 1.47. The third-order valence-corrected chi connectivity index (χ3v) is 7.32. The molecule has 4 heterocycles. The third kappa shape index (κ3) is 4.79. The Morgan fingerprint density at radius 1 is 1.14 bits per heavy atom. The van der Waals surface area contributed by atoms with Crippen LogP contribution in [0.25, 0.3) is 5.65 Å². The Bertz CT molecular complexity index is 1410. The standard InChI is InChI=1S/C23H29B4FN4O5/c1-12-7-19-29-13(11-34-2)8-20(33)32(19)30-21(12)31-6-5-16(15(28)10-31)35-14-3-4-17-18(9-14)37-23(26,27)22(24,25)36-17/h3-4,7-9,15-16H,5-6,10-11,24-27H2,1-2H3/t15-,16-/m1/s1. The molecule has 2 aliphatic heterocycles. The molecule has 0 N–H and O–H groups in total. The summed E-state index contributed by atoms with van der Waals surface area (Å²) < 4.78 is 40.1. The van der Waals surface area contributed by atoms with Gasteiger partial charge in [-0.25, -0.2) is 9.37 Å². The fourth-order valence-electron chi connectivity index (χ4n) is 4.61. The Labute approximate surface area is 218 Å². The van der Waals surface area contributed by atoms with E-state index >= 15 is 4.39 Å². The number of ether oxygens (including phenoxy) is 4. The smallest absolute Gasteiger partial charge is 0.274 e. The number of fused-ring (bicyclic) bond motifs is 2. The summed E-state index contributed by atoms with van der Waals surface area (Å²) in [4.78, 5) is 18.9. The summed E-state index contributed by atoms with van der Waals surface area (Å²) in [5, 5.41) is 3.47. The number of hydrogen-bond donors (Lipinski definition) is 0. The number of anilines is 1. The fourth-order valence-corrected chi connectivity index (χ4v) is 4.61. The average molecular weight is 504 g/mol. The van der Waals surface area contributed by atoms with Crippen molar-refractivity contribution in [1.29, 1.82) is 0 Å². The minimum absolute atomic E-state index is 0.0969. The van der Waals surface area contributed by atoms with Crippen molar-refractivity contribution >= 4 is 42.9 Å². The van der Waals surface area contributed by atoms with Crippen LogP contribution in [0.2, 0.25) is 0 Å².